The van der Waals surface area contributed by atoms with Crippen LogP contribution >= 0.6 is 24.0 Å². The van der Waals surface area contributed by atoms with E-state index in [0.29, 0.717) is 15.1 Å². The second-order valence-corrected chi connectivity index (χ2v) is 9.14. The minimum atomic E-state index is -0.397. The van der Waals surface area contributed by atoms with Crippen molar-refractivity contribution in [2.75, 3.05) is 0 Å². The van der Waals surface area contributed by atoms with Crippen LogP contribution in [0.2, 0.25) is 0 Å². The summed E-state index contributed by atoms with van der Waals surface area (Å²) in [6.07, 6.45) is 2.79. The van der Waals surface area contributed by atoms with Gasteiger partial charge in [0.15, 0.2) is 4.32 Å². The summed E-state index contributed by atoms with van der Waals surface area (Å²) in [5.41, 5.74) is 5.74. The molecule has 1 N–H and O–H groups in total. The van der Waals surface area contributed by atoms with Crippen LogP contribution in [0.25, 0.3) is 6.08 Å². The van der Waals surface area contributed by atoms with Crippen LogP contribution < -0.4 is 5.43 Å². The first-order valence-electron chi connectivity index (χ1n) is 9.57. The zero-order chi connectivity index (χ0) is 21.0. The molecule has 0 aromatic heterocycles. The summed E-state index contributed by atoms with van der Waals surface area (Å²) in [7, 11) is 0. The van der Waals surface area contributed by atoms with Crippen molar-refractivity contribution in [3.8, 4) is 0 Å². The number of hydrogen-bond acceptors (Lipinski definition) is 4. The molecule has 2 amide bonds. The van der Waals surface area contributed by atoms with E-state index in [0.717, 1.165) is 17.5 Å². The highest BCUT2D eigenvalue weighted by molar-refractivity contribution is 8.26. The Hall–Kier alpha value is -2.44. The molecule has 0 radical (unpaired) electrons. The molecule has 0 spiro atoms. The Morgan fingerprint density at radius 1 is 1.10 bits per heavy atom. The zero-order valence-electron chi connectivity index (χ0n) is 16.7. The molecule has 4 nitrogen and oxygen atoms in total. The Labute approximate surface area is 181 Å². The summed E-state index contributed by atoms with van der Waals surface area (Å²) >= 11 is 6.49. The first-order valence-corrected chi connectivity index (χ1v) is 10.8. The Morgan fingerprint density at radius 2 is 1.76 bits per heavy atom. The van der Waals surface area contributed by atoms with Crippen molar-refractivity contribution in [1.82, 2.24) is 10.4 Å². The van der Waals surface area contributed by atoms with Crippen LogP contribution in [0, 0.1) is 5.92 Å². The van der Waals surface area contributed by atoms with Crippen molar-refractivity contribution in [3.63, 3.8) is 0 Å². The quantitative estimate of drug-likeness (QED) is 0.528. The normalized spacial score (nSPS) is 16.6. The number of carbonyl (C=O) groups is 2. The average Bonchev–Trinajstić information content (AvgIpc) is 2.95. The monoisotopic (exact) mass is 424 g/mol. The molecule has 150 valence electrons. The molecule has 3 rings (SSSR count). The Bertz CT molecular complexity index is 937. The second kappa shape index (κ2) is 9.37. The zero-order valence-corrected chi connectivity index (χ0v) is 18.3. The molecular weight excluding hydrogens is 400 g/mol. The fraction of sp³-hybridized carbons (Fsp3) is 0.261. The van der Waals surface area contributed by atoms with Crippen molar-refractivity contribution in [2.24, 2.45) is 5.92 Å². The SMILES string of the molecule is CC(C)Cc1ccc([C@@H](C)C(=O)NN2C(=O)/C(=C/c3ccccc3)SC2=S)cc1. The molecular formula is C23H24N2O2S2. The number of hydrazine groups is 1. The van der Waals surface area contributed by atoms with Crippen LogP contribution in [0.4, 0.5) is 0 Å². The highest BCUT2D eigenvalue weighted by Gasteiger charge is 2.34. The molecule has 6 heteroatoms. The molecule has 1 saturated heterocycles. The van der Waals surface area contributed by atoms with Crippen LogP contribution in [0.15, 0.2) is 59.5 Å². The van der Waals surface area contributed by atoms with Gasteiger partial charge in [-0.2, -0.15) is 5.01 Å². The van der Waals surface area contributed by atoms with Gasteiger partial charge in [0, 0.05) is 0 Å². The summed E-state index contributed by atoms with van der Waals surface area (Å²) in [6.45, 7) is 6.18. The maximum Gasteiger partial charge on any atom is 0.285 e. The van der Waals surface area contributed by atoms with E-state index in [1.54, 1.807) is 6.08 Å². The molecule has 0 bridgehead atoms. The standard InChI is InChI=1S/C23H24N2O2S2/c1-15(2)13-18-9-11-19(12-10-18)16(3)21(26)24-25-22(27)20(29-23(25)28)14-17-7-5-4-6-8-17/h4-12,14-16H,13H2,1-3H3,(H,24,26)/b20-14-/t16-/m1/s1. The molecule has 1 aliphatic rings. The van der Waals surface area contributed by atoms with Crippen LogP contribution in [-0.4, -0.2) is 21.1 Å². The highest BCUT2D eigenvalue weighted by Crippen LogP contribution is 2.31. The van der Waals surface area contributed by atoms with Gasteiger partial charge in [-0.25, -0.2) is 0 Å². The van der Waals surface area contributed by atoms with E-state index in [-0.39, 0.29) is 11.8 Å². The van der Waals surface area contributed by atoms with Gasteiger partial charge in [-0.3, -0.25) is 15.0 Å². The van der Waals surface area contributed by atoms with Gasteiger partial charge in [0.1, 0.15) is 0 Å². The lowest BCUT2D eigenvalue weighted by Crippen LogP contribution is -2.46. The average molecular weight is 425 g/mol. The lowest BCUT2D eigenvalue weighted by molar-refractivity contribution is -0.133. The van der Waals surface area contributed by atoms with Gasteiger partial charge in [0.05, 0.1) is 10.8 Å². The summed E-state index contributed by atoms with van der Waals surface area (Å²) in [4.78, 5) is 25.9. The second-order valence-electron chi connectivity index (χ2n) is 7.47. The van der Waals surface area contributed by atoms with Crippen molar-refractivity contribution in [3.05, 3.63) is 76.2 Å². The van der Waals surface area contributed by atoms with E-state index in [2.05, 4.69) is 31.4 Å². The van der Waals surface area contributed by atoms with Crippen molar-refractivity contribution in [1.29, 1.82) is 0 Å². The van der Waals surface area contributed by atoms with Crippen molar-refractivity contribution < 1.29 is 9.59 Å². The van der Waals surface area contributed by atoms with Crippen LogP contribution in [0.1, 0.15) is 43.4 Å². The lowest BCUT2D eigenvalue weighted by atomic mass is 9.96. The van der Waals surface area contributed by atoms with Crippen LogP contribution in [0.3, 0.4) is 0 Å². The third kappa shape index (κ3) is 5.34. The number of amides is 2. The van der Waals surface area contributed by atoms with Crippen molar-refractivity contribution >= 4 is 46.2 Å². The van der Waals surface area contributed by atoms with Gasteiger partial charge in [-0.05, 0) is 54.2 Å². The molecule has 1 aliphatic heterocycles. The number of thiocarbonyl (C=S) groups is 1. The molecule has 1 fully saturated rings. The Kier molecular flexibility index (Phi) is 6.87. The molecule has 0 aliphatic carbocycles. The maximum atomic E-state index is 12.7. The molecule has 29 heavy (non-hydrogen) atoms. The van der Waals surface area contributed by atoms with Gasteiger partial charge in [0.25, 0.3) is 5.91 Å². The predicted molar refractivity (Wildman–Crippen MR) is 123 cm³/mol. The van der Waals surface area contributed by atoms with Gasteiger partial charge >= 0.3 is 0 Å². The number of thioether (sulfide) groups is 1. The highest BCUT2D eigenvalue weighted by atomic mass is 32.2. The molecule has 0 saturated carbocycles. The number of hydrogen-bond donors (Lipinski definition) is 1. The first kappa shape index (κ1) is 21.3. The number of carbonyl (C=O) groups excluding carboxylic acids is 2. The minimum absolute atomic E-state index is 0.265. The van der Waals surface area contributed by atoms with E-state index in [9.17, 15) is 9.59 Å². The smallest absolute Gasteiger partial charge is 0.273 e. The fourth-order valence-corrected chi connectivity index (χ4v) is 4.22. The van der Waals surface area contributed by atoms with E-state index in [4.69, 9.17) is 12.2 Å². The summed E-state index contributed by atoms with van der Waals surface area (Å²) in [6, 6.07) is 17.6. The summed E-state index contributed by atoms with van der Waals surface area (Å²) < 4.78 is 0.324. The molecule has 2 aromatic rings. The van der Waals surface area contributed by atoms with Gasteiger partial charge in [-0.15, -0.1) is 0 Å². The minimum Gasteiger partial charge on any atom is -0.273 e. The first-order chi connectivity index (χ1) is 13.8. The molecule has 2 aromatic carbocycles. The van der Waals surface area contributed by atoms with E-state index in [1.807, 2.05) is 49.4 Å². The fourth-order valence-electron chi connectivity index (χ4n) is 3.04. The predicted octanol–water partition coefficient (Wildman–Crippen LogP) is 4.92. The number of nitrogens with zero attached hydrogens (tertiary/aromatic N) is 1. The largest absolute Gasteiger partial charge is 0.285 e. The molecule has 1 atom stereocenters. The van der Waals surface area contributed by atoms with Crippen molar-refractivity contribution in [2.45, 2.75) is 33.1 Å². The third-order valence-corrected chi connectivity index (χ3v) is 5.93. The van der Waals surface area contributed by atoms with Gasteiger partial charge in [0.2, 0.25) is 5.91 Å². The van der Waals surface area contributed by atoms with E-state index < -0.39 is 5.92 Å². The van der Waals surface area contributed by atoms with E-state index in [1.165, 1.54) is 22.3 Å². The number of nitrogens with one attached hydrogen (secondary N) is 1. The number of rotatable bonds is 6. The Balaban J connectivity index is 1.67. The molecule has 0 unspecified atom stereocenters. The Morgan fingerprint density at radius 3 is 2.38 bits per heavy atom. The third-order valence-electron chi connectivity index (χ3n) is 4.63. The van der Waals surface area contributed by atoms with Crippen LogP contribution in [-0.2, 0) is 16.0 Å². The molecule has 1 heterocycles. The van der Waals surface area contributed by atoms with Gasteiger partial charge < -0.3 is 0 Å². The van der Waals surface area contributed by atoms with Gasteiger partial charge in [-0.1, -0.05) is 80.2 Å². The summed E-state index contributed by atoms with van der Waals surface area (Å²) in [5, 5.41) is 1.17. The topological polar surface area (TPSA) is 49.4 Å². The number of benzene rings is 2. The van der Waals surface area contributed by atoms with E-state index >= 15 is 0 Å². The summed E-state index contributed by atoms with van der Waals surface area (Å²) in [5.74, 6) is -0.388. The maximum absolute atomic E-state index is 12.7. The van der Waals surface area contributed by atoms with Crippen LogP contribution in [0.5, 0.6) is 0 Å². The lowest BCUT2D eigenvalue weighted by Gasteiger charge is -2.19.